The summed E-state index contributed by atoms with van der Waals surface area (Å²) in [4.78, 5) is 0. The van der Waals surface area contributed by atoms with Gasteiger partial charge in [0.1, 0.15) is 0 Å². The van der Waals surface area contributed by atoms with E-state index in [0.29, 0.717) is 23.5 Å². The summed E-state index contributed by atoms with van der Waals surface area (Å²) in [5.41, 5.74) is -0.260. The summed E-state index contributed by atoms with van der Waals surface area (Å²) >= 11 is 5.87. The van der Waals surface area contributed by atoms with Crippen LogP contribution in [0.2, 0.25) is 5.02 Å². The Hall–Kier alpha value is -0.580. The third kappa shape index (κ3) is 3.00. The van der Waals surface area contributed by atoms with Crippen molar-refractivity contribution in [2.24, 2.45) is 5.92 Å². The SMILES string of the molecule is CC(C)NC(CO)(Cn1cc(Cl)cn1)C1CC1. The lowest BCUT2D eigenvalue weighted by atomic mass is 9.93. The van der Waals surface area contributed by atoms with Crippen LogP contribution in [-0.2, 0) is 6.54 Å². The van der Waals surface area contributed by atoms with Gasteiger partial charge in [-0.25, -0.2) is 0 Å². The maximum Gasteiger partial charge on any atom is 0.0785 e. The van der Waals surface area contributed by atoms with E-state index in [0.717, 1.165) is 0 Å². The number of aromatic nitrogens is 2. The maximum atomic E-state index is 9.77. The van der Waals surface area contributed by atoms with E-state index in [1.54, 1.807) is 12.4 Å². The van der Waals surface area contributed by atoms with E-state index in [2.05, 4.69) is 24.3 Å². The molecule has 2 rings (SSSR count). The van der Waals surface area contributed by atoms with Crippen LogP contribution in [0.4, 0.5) is 0 Å². The third-order valence-corrected chi connectivity index (χ3v) is 3.46. The van der Waals surface area contributed by atoms with Gasteiger partial charge in [0.05, 0.1) is 29.9 Å². The molecular weight excluding hydrogens is 238 g/mol. The molecule has 0 radical (unpaired) electrons. The van der Waals surface area contributed by atoms with E-state index >= 15 is 0 Å². The Bertz CT molecular complexity index is 376. The molecule has 1 unspecified atom stereocenters. The van der Waals surface area contributed by atoms with Crippen LogP contribution in [-0.4, -0.2) is 33.1 Å². The summed E-state index contributed by atoms with van der Waals surface area (Å²) in [7, 11) is 0. The number of aliphatic hydroxyl groups is 1. The molecule has 2 N–H and O–H groups in total. The Labute approximate surface area is 107 Å². The van der Waals surface area contributed by atoms with Gasteiger partial charge in [-0.15, -0.1) is 0 Å². The van der Waals surface area contributed by atoms with E-state index in [-0.39, 0.29) is 12.1 Å². The Balaban J connectivity index is 2.14. The second-order valence-corrected chi connectivity index (χ2v) is 5.68. The summed E-state index contributed by atoms with van der Waals surface area (Å²) in [5, 5.41) is 18.1. The van der Waals surface area contributed by atoms with Crippen LogP contribution in [0.3, 0.4) is 0 Å². The molecule has 0 aromatic carbocycles. The van der Waals surface area contributed by atoms with E-state index in [9.17, 15) is 5.11 Å². The van der Waals surface area contributed by atoms with Crippen LogP contribution in [0.1, 0.15) is 26.7 Å². The van der Waals surface area contributed by atoms with Crippen LogP contribution in [0.15, 0.2) is 12.4 Å². The molecule has 5 heteroatoms. The average molecular weight is 258 g/mol. The van der Waals surface area contributed by atoms with Gasteiger partial charge in [-0.2, -0.15) is 5.10 Å². The fourth-order valence-corrected chi connectivity index (χ4v) is 2.60. The highest BCUT2D eigenvalue weighted by Gasteiger charge is 2.45. The van der Waals surface area contributed by atoms with Crippen LogP contribution in [0.5, 0.6) is 0 Å². The lowest BCUT2D eigenvalue weighted by molar-refractivity contribution is 0.109. The standard InChI is InChI=1S/C12H20ClN3O/c1-9(2)15-12(8-17,10-3-4-10)7-16-6-11(13)5-14-16/h5-6,9-10,15,17H,3-4,7-8H2,1-2H3. The third-order valence-electron chi connectivity index (χ3n) is 3.26. The highest BCUT2D eigenvalue weighted by atomic mass is 35.5. The molecule has 1 atom stereocenters. The number of halogens is 1. The van der Waals surface area contributed by atoms with Crippen LogP contribution < -0.4 is 5.32 Å². The average Bonchev–Trinajstić information content (AvgIpc) is 3.03. The molecule has 1 aliphatic carbocycles. The molecule has 0 aliphatic heterocycles. The molecule has 4 nitrogen and oxygen atoms in total. The van der Waals surface area contributed by atoms with Crippen molar-refractivity contribution in [1.29, 1.82) is 0 Å². The zero-order chi connectivity index (χ0) is 12.5. The second-order valence-electron chi connectivity index (χ2n) is 5.24. The van der Waals surface area contributed by atoms with Crippen molar-refractivity contribution in [3.05, 3.63) is 17.4 Å². The van der Waals surface area contributed by atoms with Gasteiger partial charge in [0, 0.05) is 12.2 Å². The van der Waals surface area contributed by atoms with Gasteiger partial charge in [0.15, 0.2) is 0 Å². The first-order valence-corrected chi connectivity index (χ1v) is 6.50. The van der Waals surface area contributed by atoms with Gasteiger partial charge in [0.25, 0.3) is 0 Å². The molecule has 1 fully saturated rings. The molecule has 1 heterocycles. The van der Waals surface area contributed by atoms with Crippen molar-refractivity contribution in [3.8, 4) is 0 Å². The molecule has 0 saturated heterocycles. The van der Waals surface area contributed by atoms with Crippen molar-refractivity contribution >= 4 is 11.6 Å². The zero-order valence-electron chi connectivity index (χ0n) is 10.4. The molecule has 1 saturated carbocycles. The largest absolute Gasteiger partial charge is 0.394 e. The minimum Gasteiger partial charge on any atom is -0.394 e. The van der Waals surface area contributed by atoms with Gasteiger partial charge >= 0.3 is 0 Å². The zero-order valence-corrected chi connectivity index (χ0v) is 11.1. The smallest absolute Gasteiger partial charge is 0.0785 e. The topological polar surface area (TPSA) is 50.1 Å². The van der Waals surface area contributed by atoms with Crippen LogP contribution >= 0.6 is 11.6 Å². The Morgan fingerprint density at radius 2 is 2.35 bits per heavy atom. The first-order chi connectivity index (χ1) is 8.05. The number of nitrogens with one attached hydrogen (secondary N) is 1. The molecule has 0 spiro atoms. The quantitative estimate of drug-likeness (QED) is 0.815. The second kappa shape index (κ2) is 4.96. The Morgan fingerprint density at radius 3 is 2.76 bits per heavy atom. The minimum atomic E-state index is -0.260. The van der Waals surface area contributed by atoms with Gasteiger partial charge in [-0.3, -0.25) is 4.68 Å². The van der Waals surface area contributed by atoms with Crippen molar-refractivity contribution in [2.75, 3.05) is 6.61 Å². The van der Waals surface area contributed by atoms with Gasteiger partial charge < -0.3 is 10.4 Å². The molecule has 1 aliphatic rings. The van der Waals surface area contributed by atoms with Crippen molar-refractivity contribution in [3.63, 3.8) is 0 Å². The summed E-state index contributed by atoms with van der Waals surface area (Å²) in [6.07, 6.45) is 5.78. The van der Waals surface area contributed by atoms with E-state index in [1.807, 2.05) is 4.68 Å². The van der Waals surface area contributed by atoms with Crippen LogP contribution in [0, 0.1) is 5.92 Å². The fraction of sp³-hybridized carbons (Fsp3) is 0.750. The molecule has 17 heavy (non-hydrogen) atoms. The maximum absolute atomic E-state index is 9.77. The first-order valence-electron chi connectivity index (χ1n) is 6.12. The first kappa shape index (κ1) is 12.9. The van der Waals surface area contributed by atoms with Crippen molar-refractivity contribution < 1.29 is 5.11 Å². The van der Waals surface area contributed by atoms with E-state index < -0.39 is 0 Å². The number of aliphatic hydroxyl groups excluding tert-OH is 1. The number of rotatable bonds is 6. The molecule has 0 amide bonds. The van der Waals surface area contributed by atoms with Gasteiger partial charge in [-0.05, 0) is 18.8 Å². The molecular formula is C12H20ClN3O. The lowest BCUT2D eigenvalue weighted by Gasteiger charge is -2.35. The molecule has 0 bridgehead atoms. The van der Waals surface area contributed by atoms with Crippen LogP contribution in [0.25, 0.3) is 0 Å². The monoisotopic (exact) mass is 257 g/mol. The van der Waals surface area contributed by atoms with Gasteiger partial charge in [-0.1, -0.05) is 25.4 Å². The van der Waals surface area contributed by atoms with Crippen molar-refractivity contribution in [2.45, 2.75) is 44.8 Å². The summed E-state index contributed by atoms with van der Waals surface area (Å²) < 4.78 is 1.81. The fourth-order valence-electron chi connectivity index (χ4n) is 2.44. The predicted octanol–water partition coefficient (Wildman–Crippen LogP) is 1.68. The number of nitrogens with zero attached hydrogens (tertiary/aromatic N) is 2. The summed E-state index contributed by atoms with van der Waals surface area (Å²) in [6, 6.07) is 0.341. The number of hydrogen-bond donors (Lipinski definition) is 2. The Morgan fingerprint density at radius 1 is 1.65 bits per heavy atom. The normalized spacial score (nSPS) is 19.6. The number of hydrogen-bond acceptors (Lipinski definition) is 3. The Kier molecular flexibility index (Phi) is 3.76. The molecule has 96 valence electrons. The highest BCUT2D eigenvalue weighted by molar-refractivity contribution is 6.30. The summed E-state index contributed by atoms with van der Waals surface area (Å²) in [5.74, 6) is 0.540. The van der Waals surface area contributed by atoms with Crippen molar-refractivity contribution in [1.82, 2.24) is 15.1 Å². The molecule has 1 aromatic heterocycles. The van der Waals surface area contributed by atoms with Gasteiger partial charge in [0.2, 0.25) is 0 Å². The van der Waals surface area contributed by atoms with E-state index in [4.69, 9.17) is 11.6 Å². The lowest BCUT2D eigenvalue weighted by Crippen LogP contribution is -2.56. The predicted molar refractivity (Wildman–Crippen MR) is 68.0 cm³/mol. The highest BCUT2D eigenvalue weighted by Crippen LogP contribution is 2.40. The minimum absolute atomic E-state index is 0.132. The summed E-state index contributed by atoms with van der Waals surface area (Å²) in [6.45, 7) is 5.00. The molecule has 1 aromatic rings. The van der Waals surface area contributed by atoms with E-state index in [1.165, 1.54) is 12.8 Å².